The first-order chi connectivity index (χ1) is 12.0. The summed E-state index contributed by atoms with van der Waals surface area (Å²) in [4.78, 5) is 25.8. The Morgan fingerprint density at radius 3 is 2.52 bits per heavy atom. The van der Waals surface area contributed by atoms with E-state index >= 15 is 0 Å². The largest absolute Gasteiger partial charge is 0.338 e. The van der Waals surface area contributed by atoms with Gasteiger partial charge in [0.2, 0.25) is 5.91 Å². The average molecular weight is 362 g/mol. The van der Waals surface area contributed by atoms with Crippen molar-refractivity contribution in [3.8, 4) is 0 Å². The molecule has 7 heteroatoms. The minimum atomic E-state index is -0.385. The third-order valence-corrected chi connectivity index (χ3v) is 4.25. The molecule has 130 valence electrons. The van der Waals surface area contributed by atoms with Gasteiger partial charge < -0.3 is 15.5 Å². The summed E-state index contributed by atoms with van der Waals surface area (Å²) >= 11 is 5.86. The normalized spacial score (nSPS) is 16.8. The Balaban J connectivity index is 1.50. The van der Waals surface area contributed by atoms with Crippen LogP contribution in [0.4, 0.5) is 20.6 Å². The van der Waals surface area contributed by atoms with Gasteiger partial charge >= 0.3 is 6.03 Å². The predicted molar refractivity (Wildman–Crippen MR) is 95.3 cm³/mol. The van der Waals surface area contributed by atoms with E-state index in [1.165, 1.54) is 24.3 Å². The highest BCUT2D eigenvalue weighted by atomic mass is 35.5. The van der Waals surface area contributed by atoms with Gasteiger partial charge in [0.05, 0.1) is 0 Å². The fourth-order valence-corrected chi connectivity index (χ4v) is 2.86. The molecule has 5 nitrogen and oxygen atoms in total. The summed E-state index contributed by atoms with van der Waals surface area (Å²) in [5, 5.41) is 5.99. The molecule has 0 aromatic heterocycles. The number of hydrogen-bond acceptors (Lipinski definition) is 2. The molecule has 2 aromatic carbocycles. The first-order valence-corrected chi connectivity index (χ1v) is 8.25. The van der Waals surface area contributed by atoms with Gasteiger partial charge in [-0.25, -0.2) is 9.18 Å². The molecule has 2 aromatic rings. The van der Waals surface area contributed by atoms with Crippen molar-refractivity contribution in [3.63, 3.8) is 0 Å². The molecule has 2 N–H and O–H groups in total. The highest BCUT2D eigenvalue weighted by molar-refractivity contribution is 6.30. The quantitative estimate of drug-likeness (QED) is 0.873. The lowest BCUT2D eigenvalue weighted by atomic mass is 10.1. The number of anilines is 2. The number of nitrogens with one attached hydrogen (secondary N) is 2. The summed E-state index contributed by atoms with van der Waals surface area (Å²) in [6.45, 7) is 0.917. The number of rotatable bonds is 4. The SMILES string of the molecule is O=C(NC[C@H]1CC(=O)N(c2ccc(Cl)cc2)C1)Nc1ccc(F)cc1. The number of amides is 3. The molecule has 1 fully saturated rings. The van der Waals surface area contributed by atoms with Crippen LogP contribution >= 0.6 is 11.6 Å². The van der Waals surface area contributed by atoms with Gasteiger partial charge in [-0.05, 0) is 48.5 Å². The zero-order valence-corrected chi connectivity index (χ0v) is 14.1. The van der Waals surface area contributed by atoms with Gasteiger partial charge in [-0.2, -0.15) is 0 Å². The van der Waals surface area contributed by atoms with Crippen LogP contribution in [-0.2, 0) is 4.79 Å². The number of halogens is 2. The number of hydrogen-bond donors (Lipinski definition) is 2. The molecule has 25 heavy (non-hydrogen) atoms. The monoisotopic (exact) mass is 361 g/mol. The maximum atomic E-state index is 12.8. The molecule has 3 amide bonds. The Morgan fingerprint density at radius 2 is 1.84 bits per heavy atom. The van der Waals surface area contributed by atoms with Gasteiger partial charge in [-0.15, -0.1) is 0 Å². The predicted octanol–water partition coefficient (Wildman–Crippen LogP) is 3.65. The second-order valence-corrected chi connectivity index (χ2v) is 6.33. The maximum absolute atomic E-state index is 12.8. The van der Waals surface area contributed by atoms with Crippen molar-refractivity contribution in [1.82, 2.24) is 5.32 Å². The van der Waals surface area contributed by atoms with Gasteiger partial charge in [0.25, 0.3) is 0 Å². The first-order valence-electron chi connectivity index (χ1n) is 7.87. The van der Waals surface area contributed by atoms with Crippen LogP contribution in [0.25, 0.3) is 0 Å². The molecule has 3 rings (SSSR count). The van der Waals surface area contributed by atoms with Crippen molar-refractivity contribution in [2.24, 2.45) is 5.92 Å². The van der Waals surface area contributed by atoms with Gasteiger partial charge in [0, 0.05) is 41.8 Å². The summed E-state index contributed by atoms with van der Waals surface area (Å²) in [5.41, 5.74) is 1.30. The van der Waals surface area contributed by atoms with Gasteiger partial charge in [0.1, 0.15) is 5.82 Å². The highest BCUT2D eigenvalue weighted by Crippen LogP contribution is 2.25. The van der Waals surface area contributed by atoms with E-state index < -0.39 is 0 Å². The van der Waals surface area contributed by atoms with Gasteiger partial charge in [-0.1, -0.05) is 11.6 Å². The van der Waals surface area contributed by atoms with Crippen LogP contribution in [0.5, 0.6) is 0 Å². The minimum Gasteiger partial charge on any atom is -0.338 e. The van der Waals surface area contributed by atoms with Crippen LogP contribution in [0.2, 0.25) is 5.02 Å². The van der Waals surface area contributed by atoms with Crippen LogP contribution in [0, 0.1) is 11.7 Å². The Kier molecular flexibility index (Phi) is 5.19. The standard InChI is InChI=1S/C18H17ClFN3O2/c19-13-1-7-16(8-2-13)23-11-12(9-17(23)24)10-21-18(25)22-15-5-3-14(20)4-6-15/h1-8,12H,9-11H2,(H2,21,22,25)/t12-/m1/s1. The Hall–Kier alpha value is -2.60. The van der Waals surface area contributed by atoms with E-state index in [1.54, 1.807) is 29.2 Å². The summed E-state index contributed by atoms with van der Waals surface area (Å²) in [6, 6.07) is 12.2. The van der Waals surface area contributed by atoms with E-state index in [1.807, 2.05) is 0 Å². The van der Waals surface area contributed by atoms with Crippen molar-refractivity contribution in [1.29, 1.82) is 0 Å². The highest BCUT2D eigenvalue weighted by Gasteiger charge is 2.30. The van der Waals surface area contributed by atoms with Crippen molar-refractivity contribution >= 4 is 34.9 Å². The molecule has 0 spiro atoms. The number of carbonyl (C=O) groups excluding carboxylic acids is 2. The van der Waals surface area contributed by atoms with E-state index in [4.69, 9.17) is 11.6 Å². The molecule has 0 bridgehead atoms. The zero-order chi connectivity index (χ0) is 17.8. The Labute approximate surface area is 149 Å². The summed E-state index contributed by atoms with van der Waals surface area (Å²) in [5.74, 6) is -0.312. The van der Waals surface area contributed by atoms with Crippen molar-refractivity contribution < 1.29 is 14.0 Å². The molecule has 1 atom stereocenters. The molecular weight excluding hydrogens is 345 g/mol. The third kappa shape index (κ3) is 4.48. The van der Waals surface area contributed by atoms with E-state index in [-0.39, 0.29) is 23.7 Å². The number of benzene rings is 2. The molecule has 0 unspecified atom stereocenters. The molecule has 1 aliphatic heterocycles. The Bertz CT molecular complexity index is 765. The second kappa shape index (κ2) is 7.53. The molecule has 0 saturated carbocycles. The maximum Gasteiger partial charge on any atom is 0.319 e. The van der Waals surface area contributed by atoms with E-state index in [9.17, 15) is 14.0 Å². The third-order valence-electron chi connectivity index (χ3n) is 4.00. The van der Waals surface area contributed by atoms with E-state index in [0.717, 1.165) is 5.69 Å². The molecule has 1 aliphatic rings. The number of urea groups is 1. The van der Waals surface area contributed by atoms with Crippen LogP contribution in [0.15, 0.2) is 48.5 Å². The topological polar surface area (TPSA) is 61.4 Å². The minimum absolute atomic E-state index is 0.0214. The first kappa shape index (κ1) is 17.2. The molecule has 0 radical (unpaired) electrons. The summed E-state index contributed by atoms with van der Waals surface area (Å²) in [6.07, 6.45) is 0.374. The molecule has 0 aliphatic carbocycles. The number of carbonyl (C=O) groups is 2. The van der Waals surface area contributed by atoms with E-state index in [0.29, 0.717) is 30.2 Å². The van der Waals surface area contributed by atoms with Crippen molar-refractivity contribution in [2.75, 3.05) is 23.3 Å². The summed E-state index contributed by atoms with van der Waals surface area (Å²) < 4.78 is 12.8. The van der Waals surface area contributed by atoms with E-state index in [2.05, 4.69) is 10.6 Å². The molecule has 1 heterocycles. The smallest absolute Gasteiger partial charge is 0.319 e. The Morgan fingerprint density at radius 1 is 1.16 bits per heavy atom. The lowest BCUT2D eigenvalue weighted by Crippen LogP contribution is -2.34. The van der Waals surface area contributed by atoms with Gasteiger partial charge in [0.15, 0.2) is 0 Å². The van der Waals surface area contributed by atoms with Crippen molar-refractivity contribution in [2.45, 2.75) is 6.42 Å². The lowest BCUT2D eigenvalue weighted by molar-refractivity contribution is -0.117. The molecular formula is C18H17ClFN3O2. The molecule has 1 saturated heterocycles. The van der Waals surface area contributed by atoms with Gasteiger partial charge in [-0.3, -0.25) is 4.79 Å². The summed E-state index contributed by atoms with van der Waals surface area (Å²) in [7, 11) is 0. The number of nitrogens with zero attached hydrogens (tertiary/aromatic N) is 1. The zero-order valence-electron chi connectivity index (χ0n) is 13.3. The van der Waals surface area contributed by atoms with Crippen LogP contribution < -0.4 is 15.5 Å². The van der Waals surface area contributed by atoms with Crippen LogP contribution in [-0.4, -0.2) is 25.0 Å². The second-order valence-electron chi connectivity index (χ2n) is 5.89. The van der Waals surface area contributed by atoms with Crippen LogP contribution in [0.1, 0.15) is 6.42 Å². The average Bonchev–Trinajstić information content (AvgIpc) is 2.97. The fourth-order valence-electron chi connectivity index (χ4n) is 2.73. The fraction of sp³-hybridized carbons (Fsp3) is 0.222. The lowest BCUT2D eigenvalue weighted by Gasteiger charge is -2.17. The van der Waals surface area contributed by atoms with Crippen LogP contribution in [0.3, 0.4) is 0 Å². The van der Waals surface area contributed by atoms with Crippen molar-refractivity contribution in [3.05, 3.63) is 59.4 Å².